The van der Waals surface area contributed by atoms with Crippen LogP contribution in [0.1, 0.15) is 20.3 Å². The molecule has 3 aromatic carbocycles. The highest BCUT2D eigenvalue weighted by Crippen LogP contribution is 2.37. The number of ether oxygens (including phenoxy) is 2. The lowest BCUT2D eigenvalue weighted by Crippen LogP contribution is -2.47. The molecule has 186 valence electrons. The van der Waals surface area contributed by atoms with Gasteiger partial charge >= 0.3 is 0 Å². The number of rotatable bonds is 8. The molecular formula is C25H24N4O5S2. The molecule has 2 heterocycles. The number of sulfonamides is 1. The summed E-state index contributed by atoms with van der Waals surface area (Å²) < 4.78 is 40.1. The molecule has 1 aliphatic heterocycles. The Kier molecular flexibility index (Phi) is 6.61. The Labute approximate surface area is 212 Å². The standard InChI is InChI=1S/C25H24N4O5S2/c1-3-15(2)22(29-36(31,32)21-10-6-8-16-7-4-5-9-18(16)21)23(30)26-25-28-27-24(35-25)17-11-12-19-20(13-17)34-14-33-19/h4-13,15,22,29H,3,14H2,1-2H3,(H,26,28,30). The maximum Gasteiger partial charge on any atom is 0.244 e. The molecule has 5 rings (SSSR count). The first-order valence-corrected chi connectivity index (χ1v) is 13.7. The van der Waals surface area contributed by atoms with Crippen LogP contribution >= 0.6 is 11.3 Å². The van der Waals surface area contributed by atoms with Crippen molar-refractivity contribution in [3.63, 3.8) is 0 Å². The first kappa shape index (κ1) is 24.2. The Bertz CT molecular complexity index is 1530. The Hall–Kier alpha value is -3.54. The molecule has 0 saturated heterocycles. The number of benzene rings is 3. The summed E-state index contributed by atoms with van der Waals surface area (Å²) >= 11 is 1.18. The molecule has 2 N–H and O–H groups in total. The second kappa shape index (κ2) is 9.84. The molecule has 4 aromatic rings. The van der Waals surface area contributed by atoms with Gasteiger partial charge in [-0.05, 0) is 35.6 Å². The van der Waals surface area contributed by atoms with Crippen LogP contribution in [0, 0.1) is 5.92 Å². The van der Waals surface area contributed by atoms with Crippen molar-refractivity contribution in [2.75, 3.05) is 12.1 Å². The minimum atomic E-state index is -3.99. The zero-order valence-corrected chi connectivity index (χ0v) is 21.2. The van der Waals surface area contributed by atoms with E-state index < -0.39 is 22.0 Å². The molecule has 11 heteroatoms. The molecule has 36 heavy (non-hydrogen) atoms. The summed E-state index contributed by atoms with van der Waals surface area (Å²) in [6.07, 6.45) is 0.592. The lowest BCUT2D eigenvalue weighted by atomic mass is 9.99. The average molecular weight is 525 g/mol. The van der Waals surface area contributed by atoms with Gasteiger partial charge in [0.05, 0.1) is 4.90 Å². The van der Waals surface area contributed by atoms with Gasteiger partial charge in [0.2, 0.25) is 27.9 Å². The average Bonchev–Trinajstić information content (AvgIpc) is 3.55. The van der Waals surface area contributed by atoms with E-state index in [4.69, 9.17) is 9.47 Å². The normalized spacial score (nSPS) is 14.5. The van der Waals surface area contributed by atoms with E-state index in [1.807, 2.05) is 38.1 Å². The molecule has 0 aliphatic carbocycles. The minimum Gasteiger partial charge on any atom is -0.454 e. The number of nitrogens with zero attached hydrogens (tertiary/aromatic N) is 2. The van der Waals surface area contributed by atoms with Crippen LogP contribution in [-0.2, 0) is 14.8 Å². The zero-order chi connectivity index (χ0) is 25.3. The quantitative estimate of drug-likeness (QED) is 0.350. The van der Waals surface area contributed by atoms with Gasteiger partial charge in [-0.2, -0.15) is 4.72 Å². The first-order chi connectivity index (χ1) is 17.4. The van der Waals surface area contributed by atoms with Gasteiger partial charge in [0.1, 0.15) is 11.0 Å². The number of carbonyl (C=O) groups excluding carboxylic acids is 1. The monoisotopic (exact) mass is 524 g/mol. The Morgan fingerprint density at radius 2 is 1.83 bits per heavy atom. The summed E-state index contributed by atoms with van der Waals surface area (Å²) in [5, 5.41) is 13.2. The van der Waals surface area contributed by atoms with E-state index in [1.54, 1.807) is 36.4 Å². The van der Waals surface area contributed by atoms with Gasteiger partial charge in [0.15, 0.2) is 11.5 Å². The predicted octanol–water partition coefficient (Wildman–Crippen LogP) is 4.42. The third-order valence-corrected chi connectivity index (χ3v) is 8.48. The summed E-state index contributed by atoms with van der Waals surface area (Å²) in [5.74, 6) is 0.511. The van der Waals surface area contributed by atoms with Crippen molar-refractivity contribution in [2.45, 2.75) is 31.2 Å². The van der Waals surface area contributed by atoms with Crippen molar-refractivity contribution in [3.05, 3.63) is 60.7 Å². The van der Waals surface area contributed by atoms with E-state index in [2.05, 4.69) is 20.2 Å². The number of aromatic nitrogens is 2. The van der Waals surface area contributed by atoms with Gasteiger partial charge in [-0.25, -0.2) is 8.42 Å². The molecule has 9 nitrogen and oxygen atoms in total. The number of hydrogen-bond acceptors (Lipinski definition) is 8. The SMILES string of the molecule is CCC(C)C(NS(=O)(=O)c1cccc2ccccc12)C(=O)Nc1nnc(-c2ccc3c(c2)OCO3)s1. The molecule has 0 radical (unpaired) electrons. The maximum absolute atomic E-state index is 13.4. The fraction of sp³-hybridized carbons (Fsp3) is 0.240. The van der Waals surface area contributed by atoms with Crippen molar-refractivity contribution in [3.8, 4) is 22.1 Å². The summed E-state index contributed by atoms with van der Waals surface area (Å²) in [5.41, 5.74) is 0.771. The molecule has 0 spiro atoms. The van der Waals surface area contributed by atoms with Crippen molar-refractivity contribution < 1.29 is 22.7 Å². The van der Waals surface area contributed by atoms with Crippen LogP contribution in [-0.4, -0.2) is 37.4 Å². The number of nitrogens with one attached hydrogen (secondary N) is 2. The highest BCUT2D eigenvalue weighted by molar-refractivity contribution is 7.89. The maximum atomic E-state index is 13.4. The van der Waals surface area contributed by atoms with E-state index in [1.165, 1.54) is 11.3 Å². The van der Waals surface area contributed by atoms with Crippen LogP contribution in [0.25, 0.3) is 21.3 Å². The van der Waals surface area contributed by atoms with E-state index in [0.29, 0.717) is 28.3 Å². The smallest absolute Gasteiger partial charge is 0.244 e. The van der Waals surface area contributed by atoms with Crippen LogP contribution in [0.2, 0.25) is 0 Å². The Morgan fingerprint density at radius 1 is 1.06 bits per heavy atom. The minimum absolute atomic E-state index is 0.128. The number of amides is 1. The predicted molar refractivity (Wildman–Crippen MR) is 138 cm³/mol. The van der Waals surface area contributed by atoms with Crippen molar-refractivity contribution >= 4 is 43.2 Å². The number of carbonyl (C=O) groups is 1. The highest BCUT2D eigenvalue weighted by atomic mass is 32.2. The van der Waals surface area contributed by atoms with Crippen LogP contribution in [0.5, 0.6) is 11.5 Å². The largest absolute Gasteiger partial charge is 0.454 e. The lowest BCUT2D eigenvalue weighted by molar-refractivity contribution is -0.118. The second-order valence-corrected chi connectivity index (χ2v) is 11.1. The molecular weight excluding hydrogens is 500 g/mol. The summed E-state index contributed by atoms with van der Waals surface area (Å²) in [6.45, 7) is 3.90. The van der Waals surface area contributed by atoms with E-state index in [0.717, 1.165) is 10.9 Å². The Balaban J connectivity index is 1.37. The Morgan fingerprint density at radius 3 is 2.67 bits per heavy atom. The zero-order valence-electron chi connectivity index (χ0n) is 19.6. The van der Waals surface area contributed by atoms with Gasteiger partial charge in [-0.15, -0.1) is 10.2 Å². The molecule has 0 fully saturated rings. The van der Waals surface area contributed by atoms with Crippen LogP contribution in [0.15, 0.2) is 65.6 Å². The van der Waals surface area contributed by atoms with Gasteiger partial charge in [0.25, 0.3) is 0 Å². The molecule has 0 saturated carbocycles. The van der Waals surface area contributed by atoms with Crippen molar-refractivity contribution in [1.82, 2.24) is 14.9 Å². The molecule has 2 unspecified atom stereocenters. The van der Waals surface area contributed by atoms with Gasteiger partial charge in [-0.1, -0.05) is 68.0 Å². The third-order valence-electron chi connectivity index (χ3n) is 6.09. The summed E-state index contributed by atoms with van der Waals surface area (Å²) in [7, 11) is -3.99. The van der Waals surface area contributed by atoms with Crippen LogP contribution in [0.3, 0.4) is 0 Å². The van der Waals surface area contributed by atoms with Crippen LogP contribution < -0.4 is 19.5 Å². The summed E-state index contributed by atoms with van der Waals surface area (Å²) in [6, 6.07) is 16.7. The van der Waals surface area contributed by atoms with Crippen molar-refractivity contribution in [1.29, 1.82) is 0 Å². The van der Waals surface area contributed by atoms with Gasteiger partial charge in [0, 0.05) is 10.9 Å². The first-order valence-electron chi connectivity index (χ1n) is 11.4. The number of fused-ring (bicyclic) bond motifs is 2. The fourth-order valence-electron chi connectivity index (χ4n) is 3.93. The third kappa shape index (κ3) is 4.77. The van der Waals surface area contributed by atoms with Gasteiger partial charge in [-0.3, -0.25) is 10.1 Å². The molecule has 1 amide bonds. The molecule has 1 aromatic heterocycles. The lowest BCUT2D eigenvalue weighted by Gasteiger charge is -2.23. The number of hydrogen-bond donors (Lipinski definition) is 2. The van der Waals surface area contributed by atoms with E-state index >= 15 is 0 Å². The van der Waals surface area contributed by atoms with Crippen LogP contribution in [0.4, 0.5) is 5.13 Å². The molecule has 2 atom stereocenters. The number of anilines is 1. The fourth-order valence-corrected chi connectivity index (χ4v) is 6.20. The van der Waals surface area contributed by atoms with Crippen molar-refractivity contribution in [2.24, 2.45) is 5.92 Å². The topological polar surface area (TPSA) is 120 Å². The molecule has 1 aliphatic rings. The van der Waals surface area contributed by atoms with Gasteiger partial charge < -0.3 is 9.47 Å². The molecule has 0 bridgehead atoms. The van der Waals surface area contributed by atoms with E-state index in [9.17, 15) is 13.2 Å². The van der Waals surface area contributed by atoms with E-state index in [-0.39, 0.29) is 22.7 Å². The second-order valence-electron chi connectivity index (χ2n) is 8.43. The summed E-state index contributed by atoms with van der Waals surface area (Å²) in [4.78, 5) is 13.4. The highest BCUT2D eigenvalue weighted by Gasteiger charge is 2.31.